The molecule has 0 unspecified atom stereocenters. The number of aromatic nitrogens is 2. The molecule has 0 bridgehead atoms. The molecule has 4 heteroatoms. The predicted molar refractivity (Wildman–Crippen MR) is 63.6 cm³/mol. The molecule has 1 N–H and O–H groups in total. The van der Waals surface area contributed by atoms with Gasteiger partial charge < -0.3 is 10.1 Å². The highest BCUT2D eigenvalue weighted by molar-refractivity contribution is 5.82. The highest BCUT2D eigenvalue weighted by Gasteiger charge is 2.02. The summed E-state index contributed by atoms with van der Waals surface area (Å²) >= 11 is 0. The minimum absolute atomic E-state index is 0.620. The average Bonchev–Trinajstić information content (AvgIpc) is 2.35. The molecule has 1 aromatic heterocycles. The summed E-state index contributed by atoms with van der Waals surface area (Å²) in [4.78, 5) is 8.32. The average molecular weight is 217 g/mol. The molecule has 0 spiro atoms. The van der Waals surface area contributed by atoms with Gasteiger partial charge in [0.25, 0.3) is 0 Å². The van der Waals surface area contributed by atoms with Crippen LogP contribution in [0.3, 0.4) is 0 Å². The molecule has 0 amide bonds. The second-order valence-electron chi connectivity index (χ2n) is 3.40. The van der Waals surface area contributed by atoms with Crippen LogP contribution in [0.4, 0.5) is 0 Å². The Morgan fingerprint density at radius 3 is 3.00 bits per heavy atom. The zero-order chi connectivity index (χ0) is 11.2. The number of fused-ring (bicyclic) bond motifs is 1. The molecule has 0 aliphatic heterocycles. The molecule has 0 saturated carbocycles. The number of benzene rings is 1. The lowest BCUT2D eigenvalue weighted by Crippen LogP contribution is -2.20. The maximum absolute atomic E-state index is 5.61. The SMILES string of the molecule is CCNCCOc1ncnc2ccccc12. The van der Waals surface area contributed by atoms with Gasteiger partial charge in [0.15, 0.2) is 0 Å². The summed E-state index contributed by atoms with van der Waals surface area (Å²) in [6.45, 7) is 4.47. The number of nitrogens with one attached hydrogen (secondary N) is 1. The maximum Gasteiger partial charge on any atom is 0.224 e. The van der Waals surface area contributed by atoms with Gasteiger partial charge in [0.05, 0.1) is 10.9 Å². The molecular weight excluding hydrogens is 202 g/mol. The highest BCUT2D eigenvalue weighted by atomic mass is 16.5. The van der Waals surface area contributed by atoms with Crippen molar-refractivity contribution in [1.82, 2.24) is 15.3 Å². The Morgan fingerprint density at radius 1 is 1.25 bits per heavy atom. The molecule has 2 aromatic rings. The van der Waals surface area contributed by atoms with Gasteiger partial charge in [0, 0.05) is 6.54 Å². The van der Waals surface area contributed by atoms with Gasteiger partial charge in [-0.3, -0.25) is 0 Å². The van der Waals surface area contributed by atoms with E-state index in [9.17, 15) is 0 Å². The van der Waals surface area contributed by atoms with Crippen LogP contribution in [0, 0.1) is 0 Å². The Morgan fingerprint density at radius 2 is 2.12 bits per heavy atom. The lowest BCUT2D eigenvalue weighted by Gasteiger charge is -2.07. The topological polar surface area (TPSA) is 47.0 Å². The first-order valence-electron chi connectivity index (χ1n) is 5.45. The monoisotopic (exact) mass is 217 g/mol. The van der Waals surface area contributed by atoms with Gasteiger partial charge in [-0.1, -0.05) is 19.1 Å². The van der Waals surface area contributed by atoms with E-state index >= 15 is 0 Å². The number of nitrogens with zero attached hydrogens (tertiary/aromatic N) is 2. The minimum atomic E-state index is 0.620. The van der Waals surface area contributed by atoms with Gasteiger partial charge in [0.1, 0.15) is 12.9 Å². The summed E-state index contributed by atoms with van der Waals surface area (Å²) in [5.41, 5.74) is 0.913. The quantitative estimate of drug-likeness (QED) is 0.773. The van der Waals surface area contributed by atoms with Crippen molar-refractivity contribution < 1.29 is 4.74 Å². The smallest absolute Gasteiger partial charge is 0.224 e. The Hall–Kier alpha value is -1.68. The number of rotatable bonds is 5. The van der Waals surface area contributed by atoms with Crippen molar-refractivity contribution in [2.24, 2.45) is 0 Å². The van der Waals surface area contributed by atoms with Crippen LogP contribution in [-0.4, -0.2) is 29.7 Å². The summed E-state index contributed by atoms with van der Waals surface area (Å²) in [6.07, 6.45) is 1.53. The lowest BCUT2D eigenvalue weighted by molar-refractivity contribution is 0.307. The molecule has 4 nitrogen and oxygen atoms in total. The van der Waals surface area contributed by atoms with Crippen LogP contribution >= 0.6 is 0 Å². The number of para-hydroxylation sites is 1. The van der Waals surface area contributed by atoms with Crippen LogP contribution in [0.2, 0.25) is 0 Å². The lowest BCUT2D eigenvalue weighted by atomic mass is 10.2. The largest absolute Gasteiger partial charge is 0.476 e. The van der Waals surface area contributed by atoms with Crippen molar-refractivity contribution in [1.29, 1.82) is 0 Å². The fraction of sp³-hybridized carbons (Fsp3) is 0.333. The molecule has 0 aliphatic rings. The molecule has 16 heavy (non-hydrogen) atoms. The van der Waals surface area contributed by atoms with Crippen molar-refractivity contribution in [3.05, 3.63) is 30.6 Å². The Labute approximate surface area is 94.7 Å². The molecule has 0 radical (unpaired) electrons. The van der Waals surface area contributed by atoms with Crippen molar-refractivity contribution in [3.8, 4) is 5.88 Å². The second-order valence-corrected chi connectivity index (χ2v) is 3.40. The molecule has 2 rings (SSSR count). The molecule has 0 fully saturated rings. The van der Waals surface area contributed by atoms with Gasteiger partial charge in [-0.2, -0.15) is 0 Å². The zero-order valence-electron chi connectivity index (χ0n) is 9.31. The fourth-order valence-corrected chi connectivity index (χ4v) is 1.49. The summed E-state index contributed by atoms with van der Waals surface area (Å²) in [5, 5.41) is 4.16. The summed E-state index contributed by atoms with van der Waals surface area (Å²) in [7, 11) is 0. The first kappa shape index (κ1) is 10.8. The van der Waals surface area contributed by atoms with Crippen molar-refractivity contribution in [2.45, 2.75) is 6.92 Å². The number of likely N-dealkylation sites (N-methyl/N-ethyl adjacent to an activating group) is 1. The van der Waals surface area contributed by atoms with Gasteiger partial charge in [-0.25, -0.2) is 9.97 Å². The second kappa shape index (κ2) is 5.42. The molecule has 1 heterocycles. The van der Waals surface area contributed by atoms with E-state index in [0.717, 1.165) is 24.0 Å². The van der Waals surface area contributed by atoms with E-state index in [1.165, 1.54) is 6.33 Å². The highest BCUT2D eigenvalue weighted by Crippen LogP contribution is 2.19. The van der Waals surface area contributed by atoms with E-state index < -0.39 is 0 Å². The third-order valence-corrected chi connectivity index (χ3v) is 2.27. The Kier molecular flexibility index (Phi) is 3.66. The van der Waals surface area contributed by atoms with E-state index in [4.69, 9.17) is 4.74 Å². The number of ether oxygens (including phenoxy) is 1. The summed E-state index contributed by atoms with van der Waals surface area (Å²) in [6, 6.07) is 7.84. The molecule has 1 aromatic carbocycles. The summed E-state index contributed by atoms with van der Waals surface area (Å²) in [5.74, 6) is 0.656. The van der Waals surface area contributed by atoms with Crippen LogP contribution in [0.15, 0.2) is 30.6 Å². The molecule has 0 saturated heterocycles. The fourth-order valence-electron chi connectivity index (χ4n) is 1.49. The van der Waals surface area contributed by atoms with E-state index in [0.29, 0.717) is 12.5 Å². The standard InChI is InChI=1S/C12H15N3O/c1-2-13-7-8-16-12-10-5-3-4-6-11(10)14-9-15-12/h3-6,9,13H,2,7-8H2,1H3. The summed E-state index contributed by atoms with van der Waals surface area (Å²) < 4.78 is 5.61. The van der Waals surface area contributed by atoms with Crippen LogP contribution in [0.1, 0.15) is 6.92 Å². The first-order valence-corrected chi connectivity index (χ1v) is 5.45. The zero-order valence-corrected chi connectivity index (χ0v) is 9.31. The van der Waals surface area contributed by atoms with Gasteiger partial charge in [0.2, 0.25) is 5.88 Å². The van der Waals surface area contributed by atoms with E-state index in [-0.39, 0.29) is 0 Å². The van der Waals surface area contributed by atoms with Crippen molar-refractivity contribution in [2.75, 3.05) is 19.7 Å². The molecule has 0 aliphatic carbocycles. The van der Waals surface area contributed by atoms with E-state index in [1.54, 1.807) is 0 Å². The molecule has 84 valence electrons. The van der Waals surface area contributed by atoms with Crippen LogP contribution in [-0.2, 0) is 0 Å². The van der Waals surface area contributed by atoms with Gasteiger partial charge in [-0.05, 0) is 18.7 Å². The van der Waals surface area contributed by atoms with Crippen LogP contribution in [0.25, 0.3) is 10.9 Å². The third-order valence-electron chi connectivity index (χ3n) is 2.27. The van der Waals surface area contributed by atoms with Crippen molar-refractivity contribution in [3.63, 3.8) is 0 Å². The minimum Gasteiger partial charge on any atom is -0.476 e. The van der Waals surface area contributed by atoms with Crippen LogP contribution in [0.5, 0.6) is 5.88 Å². The number of hydrogen-bond donors (Lipinski definition) is 1. The Bertz CT molecular complexity index is 453. The predicted octanol–water partition coefficient (Wildman–Crippen LogP) is 1.62. The first-order chi connectivity index (χ1) is 7.92. The van der Waals surface area contributed by atoms with E-state index in [1.807, 2.05) is 24.3 Å². The molecule has 0 atom stereocenters. The molecular formula is C12H15N3O. The van der Waals surface area contributed by atoms with Crippen molar-refractivity contribution >= 4 is 10.9 Å². The maximum atomic E-state index is 5.61. The number of hydrogen-bond acceptors (Lipinski definition) is 4. The van der Waals surface area contributed by atoms with Crippen LogP contribution < -0.4 is 10.1 Å². The third kappa shape index (κ3) is 2.46. The van der Waals surface area contributed by atoms with Gasteiger partial charge in [-0.15, -0.1) is 0 Å². The van der Waals surface area contributed by atoms with Gasteiger partial charge >= 0.3 is 0 Å². The Balaban J connectivity index is 2.11. The normalized spacial score (nSPS) is 10.6. The van der Waals surface area contributed by atoms with E-state index in [2.05, 4.69) is 22.2 Å².